The van der Waals surface area contributed by atoms with Crippen LogP contribution in [0.15, 0.2) is 47.1 Å². The van der Waals surface area contributed by atoms with Gasteiger partial charge in [-0.1, -0.05) is 49.8 Å². The average molecular weight is 559 g/mol. The molecule has 5 rings (SSSR count). The van der Waals surface area contributed by atoms with E-state index in [4.69, 9.17) is 23.7 Å². The lowest BCUT2D eigenvalue weighted by Crippen LogP contribution is -2.60. The summed E-state index contributed by atoms with van der Waals surface area (Å²) in [7, 11) is 1.59. The second-order valence-electron chi connectivity index (χ2n) is 12.7. The van der Waals surface area contributed by atoms with Gasteiger partial charge in [-0.2, -0.15) is 0 Å². The molecule has 40 heavy (non-hydrogen) atoms. The predicted molar refractivity (Wildman–Crippen MR) is 149 cm³/mol. The number of aliphatic hydroxyl groups is 2. The summed E-state index contributed by atoms with van der Waals surface area (Å²) in [5.41, 5.74) is 1.15. The molecule has 8 nitrogen and oxygen atoms in total. The van der Waals surface area contributed by atoms with Gasteiger partial charge >= 0.3 is 5.97 Å². The Labute approximate surface area is 238 Å². The molecule has 8 heteroatoms. The highest BCUT2D eigenvalue weighted by Gasteiger charge is 2.60. The van der Waals surface area contributed by atoms with Gasteiger partial charge in [0.2, 0.25) is 0 Å². The number of hydrogen-bond donors (Lipinski definition) is 2. The summed E-state index contributed by atoms with van der Waals surface area (Å²) in [6, 6.07) is 0. The fourth-order valence-corrected chi connectivity index (χ4v) is 7.16. The smallest absolute Gasteiger partial charge is 0.316 e. The number of carbonyl (C=O) groups is 1. The second-order valence-corrected chi connectivity index (χ2v) is 12.7. The number of fused-ring (bicyclic) bond motifs is 1. The zero-order valence-corrected chi connectivity index (χ0v) is 24.5. The van der Waals surface area contributed by atoms with Crippen LogP contribution in [-0.2, 0) is 28.5 Å². The number of allylic oxidation sites excluding steroid dienone is 5. The Bertz CT molecular complexity index is 1080. The summed E-state index contributed by atoms with van der Waals surface area (Å²) in [4.78, 5) is 14.0. The zero-order chi connectivity index (χ0) is 28.7. The SMILES string of the molecule is COC1C(C)=CC2C(=O)OC3CC4(OCC(C)CC4O)OCC3CCC=C(C)CC(C)C=CC=C3COC1C32O. The van der Waals surface area contributed by atoms with Crippen molar-refractivity contribution in [3.05, 3.63) is 47.1 Å². The highest BCUT2D eigenvalue weighted by atomic mass is 16.7. The highest BCUT2D eigenvalue weighted by Crippen LogP contribution is 2.47. The molecular weight excluding hydrogens is 512 g/mol. The number of rotatable bonds is 1. The van der Waals surface area contributed by atoms with E-state index in [1.165, 1.54) is 5.57 Å². The van der Waals surface area contributed by atoms with E-state index in [1.807, 2.05) is 26.0 Å². The van der Waals surface area contributed by atoms with E-state index < -0.39 is 47.7 Å². The molecule has 0 aromatic carbocycles. The van der Waals surface area contributed by atoms with Gasteiger partial charge in [-0.25, -0.2) is 0 Å². The van der Waals surface area contributed by atoms with Crippen LogP contribution < -0.4 is 0 Å². The second kappa shape index (κ2) is 11.8. The van der Waals surface area contributed by atoms with Gasteiger partial charge in [-0.15, -0.1) is 0 Å². The highest BCUT2D eigenvalue weighted by molar-refractivity contribution is 5.78. The Hall–Kier alpha value is -1.81. The van der Waals surface area contributed by atoms with E-state index in [9.17, 15) is 15.0 Å². The Morgan fingerprint density at radius 2 is 1.93 bits per heavy atom. The van der Waals surface area contributed by atoms with Crippen molar-refractivity contribution in [3.8, 4) is 0 Å². The van der Waals surface area contributed by atoms with Crippen molar-refractivity contribution in [2.75, 3.05) is 26.9 Å². The normalized spacial score (nSPS) is 44.7. The molecule has 1 aliphatic carbocycles. The van der Waals surface area contributed by atoms with Gasteiger partial charge in [0, 0.05) is 19.4 Å². The Morgan fingerprint density at radius 3 is 2.67 bits per heavy atom. The summed E-state index contributed by atoms with van der Waals surface area (Å²) in [6.07, 6.45) is 10.8. The summed E-state index contributed by atoms with van der Waals surface area (Å²) in [6.45, 7) is 9.25. The van der Waals surface area contributed by atoms with Crippen molar-refractivity contribution >= 4 is 5.97 Å². The first-order valence-electron chi connectivity index (χ1n) is 14.8. The molecule has 222 valence electrons. The third-order valence-electron chi connectivity index (χ3n) is 9.48. The van der Waals surface area contributed by atoms with Crippen LogP contribution in [0.3, 0.4) is 0 Å². The van der Waals surface area contributed by atoms with Crippen molar-refractivity contribution in [3.63, 3.8) is 0 Å². The van der Waals surface area contributed by atoms with Crippen molar-refractivity contribution in [2.45, 2.75) is 95.6 Å². The molecule has 4 aliphatic heterocycles. The van der Waals surface area contributed by atoms with Gasteiger partial charge in [0.05, 0.1) is 19.8 Å². The largest absolute Gasteiger partial charge is 0.461 e. The van der Waals surface area contributed by atoms with Gasteiger partial charge in [0.1, 0.15) is 35.9 Å². The van der Waals surface area contributed by atoms with E-state index in [1.54, 1.807) is 13.2 Å². The van der Waals surface area contributed by atoms with Crippen LogP contribution in [0.1, 0.15) is 59.8 Å². The molecular formula is C32H46O8. The van der Waals surface area contributed by atoms with Crippen LogP contribution in [0.4, 0.5) is 0 Å². The average Bonchev–Trinajstić information content (AvgIpc) is 3.23. The van der Waals surface area contributed by atoms with Gasteiger partial charge < -0.3 is 33.9 Å². The van der Waals surface area contributed by atoms with Crippen LogP contribution in [0, 0.1) is 23.7 Å². The molecule has 0 amide bonds. The first kappa shape index (κ1) is 29.7. The predicted octanol–water partition coefficient (Wildman–Crippen LogP) is 4.02. The molecule has 10 atom stereocenters. The van der Waals surface area contributed by atoms with E-state index in [2.05, 4.69) is 26.0 Å². The van der Waals surface area contributed by atoms with Crippen LogP contribution >= 0.6 is 0 Å². The van der Waals surface area contributed by atoms with Crippen molar-refractivity contribution in [1.82, 2.24) is 0 Å². The molecule has 0 bridgehead atoms. The quantitative estimate of drug-likeness (QED) is 0.368. The topological polar surface area (TPSA) is 104 Å². The number of esters is 1. The lowest BCUT2D eigenvalue weighted by atomic mass is 9.70. The molecule has 3 saturated heterocycles. The minimum Gasteiger partial charge on any atom is -0.461 e. The van der Waals surface area contributed by atoms with Crippen LogP contribution in [0.25, 0.3) is 0 Å². The van der Waals surface area contributed by atoms with E-state index in [0.29, 0.717) is 31.1 Å². The summed E-state index contributed by atoms with van der Waals surface area (Å²) in [5, 5.41) is 23.3. The lowest BCUT2D eigenvalue weighted by Gasteiger charge is -2.49. The Kier molecular flexibility index (Phi) is 8.77. The van der Waals surface area contributed by atoms with Crippen LogP contribution in [-0.4, -0.2) is 78.9 Å². The van der Waals surface area contributed by atoms with Gasteiger partial charge in [-0.05, 0) is 62.5 Å². The molecule has 0 aromatic rings. The molecule has 0 saturated carbocycles. The number of methoxy groups -OCH3 is 1. The monoisotopic (exact) mass is 558 g/mol. The molecule has 3 fully saturated rings. The van der Waals surface area contributed by atoms with Crippen LogP contribution in [0.5, 0.6) is 0 Å². The summed E-state index contributed by atoms with van der Waals surface area (Å²) >= 11 is 0. The molecule has 0 radical (unpaired) electrons. The van der Waals surface area contributed by atoms with Gasteiger partial charge in [0.25, 0.3) is 0 Å². The van der Waals surface area contributed by atoms with Crippen molar-refractivity contribution < 1.29 is 38.7 Å². The Balaban J connectivity index is 1.52. The number of ether oxygens (including phenoxy) is 5. The number of aliphatic hydroxyl groups excluding tert-OH is 1. The fourth-order valence-electron chi connectivity index (χ4n) is 7.16. The van der Waals surface area contributed by atoms with Gasteiger partial charge in [-0.3, -0.25) is 4.79 Å². The Morgan fingerprint density at radius 1 is 1.15 bits per heavy atom. The van der Waals surface area contributed by atoms with Crippen LogP contribution in [0.2, 0.25) is 0 Å². The first-order valence-corrected chi connectivity index (χ1v) is 14.8. The summed E-state index contributed by atoms with van der Waals surface area (Å²) in [5.74, 6) is -2.21. The molecule has 0 aromatic heterocycles. The maximum Gasteiger partial charge on any atom is 0.316 e. The minimum absolute atomic E-state index is 0.0697. The molecule has 10 unspecified atom stereocenters. The van der Waals surface area contributed by atoms with E-state index in [-0.39, 0.29) is 24.9 Å². The van der Waals surface area contributed by atoms with E-state index in [0.717, 1.165) is 24.8 Å². The van der Waals surface area contributed by atoms with Crippen molar-refractivity contribution in [2.24, 2.45) is 23.7 Å². The third kappa shape index (κ3) is 5.51. The van der Waals surface area contributed by atoms with E-state index >= 15 is 0 Å². The third-order valence-corrected chi connectivity index (χ3v) is 9.48. The molecule has 1 spiro atoms. The number of carbonyl (C=O) groups excluding carboxylic acids is 1. The van der Waals surface area contributed by atoms with Crippen molar-refractivity contribution in [1.29, 1.82) is 0 Å². The maximum atomic E-state index is 14.0. The first-order chi connectivity index (χ1) is 19.1. The number of hydrogen-bond acceptors (Lipinski definition) is 8. The molecule has 4 heterocycles. The summed E-state index contributed by atoms with van der Waals surface area (Å²) < 4.78 is 30.5. The zero-order valence-electron chi connectivity index (χ0n) is 24.5. The van der Waals surface area contributed by atoms with Gasteiger partial charge in [0.15, 0.2) is 5.79 Å². The molecule has 5 aliphatic rings. The lowest BCUT2D eigenvalue weighted by molar-refractivity contribution is -0.342. The molecule has 2 N–H and O–H groups in total. The maximum absolute atomic E-state index is 14.0. The minimum atomic E-state index is -1.60. The fraction of sp³-hybridized carbons (Fsp3) is 0.719. The standard InChI is InChI=1S/C32H46O8/c1-19-8-6-10-23-17-39-31(27(33)13-21(3)16-38-31)15-26(23)40-30(34)25-14-22(4)28(36-5)29-32(25,35)24(18-37-29)11-7-9-20(2)12-19/h7-9,11,14,20-21,23,25-29,33,35H,6,10,12-13,15-18H2,1-5H3.